The lowest BCUT2D eigenvalue weighted by Gasteiger charge is -2.02. The van der Waals surface area contributed by atoms with Crippen molar-refractivity contribution >= 4 is 23.1 Å². The highest BCUT2D eigenvalue weighted by atomic mass is 32.1. The molecule has 0 aliphatic carbocycles. The van der Waals surface area contributed by atoms with E-state index in [0.29, 0.717) is 4.64 Å². The highest BCUT2D eigenvalue weighted by molar-refractivity contribution is 7.71. The Morgan fingerprint density at radius 1 is 1.08 bits per heavy atom. The van der Waals surface area contributed by atoms with Gasteiger partial charge in [-0.2, -0.15) is 4.73 Å². The Kier molecular flexibility index (Phi) is 1.59. The normalized spacial score (nSPS) is 10.3. The van der Waals surface area contributed by atoms with Crippen molar-refractivity contribution in [3.05, 3.63) is 41.0 Å². The molecule has 0 atom stereocenters. The summed E-state index contributed by atoms with van der Waals surface area (Å²) in [6.45, 7) is 0. The molecule has 2 aromatic rings. The van der Waals surface area contributed by atoms with Crippen LogP contribution in [0.2, 0.25) is 0 Å². The van der Waals surface area contributed by atoms with Gasteiger partial charge in [-0.3, -0.25) is 0 Å². The van der Waals surface area contributed by atoms with Gasteiger partial charge in [-0.15, -0.1) is 0 Å². The van der Waals surface area contributed by atoms with Crippen LogP contribution in [0.3, 0.4) is 0 Å². The SMILES string of the molecule is On1c(=S)ccc2ccccc21. The maximum absolute atomic E-state index is 9.47. The Balaban J connectivity index is 3.01. The first-order valence-corrected chi connectivity index (χ1v) is 4.00. The summed E-state index contributed by atoms with van der Waals surface area (Å²) in [5.41, 5.74) is 0.741. The van der Waals surface area contributed by atoms with Gasteiger partial charge in [0.05, 0.1) is 5.52 Å². The van der Waals surface area contributed by atoms with E-state index in [0.717, 1.165) is 15.6 Å². The molecular weight excluding hydrogens is 170 g/mol. The van der Waals surface area contributed by atoms with Gasteiger partial charge in [-0.25, -0.2) is 0 Å². The summed E-state index contributed by atoms with van der Waals surface area (Å²) < 4.78 is 1.44. The van der Waals surface area contributed by atoms with Crippen LogP contribution in [0.1, 0.15) is 0 Å². The van der Waals surface area contributed by atoms with Crippen LogP contribution in [0.25, 0.3) is 10.9 Å². The van der Waals surface area contributed by atoms with Crippen molar-refractivity contribution in [2.24, 2.45) is 0 Å². The number of hydrogen-bond acceptors (Lipinski definition) is 2. The van der Waals surface area contributed by atoms with Crippen LogP contribution in [0.4, 0.5) is 0 Å². The molecule has 1 N–H and O–H groups in total. The van der Waals surface area contributed by atoms with Crippen molar-refractivity contribution < 1.29 is 5.21 Å². The lowest BCUT2D eigenvalue weighted by molar-refractivity contribution is 0.194. The Bertz CT molecular complexity index is 475. The smallest absolute Gasteiger partial charge is 0.143 e. The number of rotatable bonds is 0. The minimum Gasteiger partial charge on any atom is -0.427 e. The predicted octanol–water partition coefficient (Wildman–Crippen LogP) is 2.61. The predicted molar refractivity (Wildman–Crippen MR) is 50.0 cm³/mol. The molecule has 0 bridgehead atoms. The monoisotopic (exact) mass is 177 g/mol. The summed E-state index contributed by atoms with van der Waals surface area (Å²) in [7, 11) is 0. The number of benzene rings is 1. The fourth-order valence-corrected chi connectivity index (χ4v) is 1.34. The largest absolute Gasteiger partial charge is 0.427 e. The molecule has 0 aliphatic heterocycles. The fourth-order valence-electron chi connectivity index (χ4n) is 1.17. The first kappa shape index (κ1) is 7.31. The van der Waals surface area contributed by atoms with E-state index in [2.05, 4.69) is 0 Å². The number of para-hydroxylation sites is 1. The van der Waals surface area contributed by atoms with Crippen molar-refractivity contribution in [2.75, 3.05) is 0 Å². The van der Waals surface area contributed by atoms with Gasteiger partial charge in [-0.05, 0) is 18.2 Å². The van der Waals surface area contributed by atoms with Gasteiger partial charge in [0.15, 0.2) is 0 Å². The minimum absolute atomic E-state index is 0.425. The molecule has 0 amide bonds. The quantitative estimate of drug-likeness (QED) is 0.494. The van der Waals surface area contributed by atoms with Gasteiger partial charge in [0.25, 0.3) is 0 Å². The summed E-state index contributed by atoms with van der Waals surface area (Å²) in [5.74, 6) is 0. The summed E-state index contributed by atoms with van der Waals surface area (Å²) >= 11 is 4.89. The van der Waals surface area contributed by atoms with Crippen LogP contribution in [0.5, 0.6) is 0 Å². The topological polar surface area (TPSA) is 25.2 Å². The molecule has 1 aromatic heterocycles. The zero-order chi connectivity index (χ0) is 8.55. The van der Waals surface area contributed by atoms with E-state index in [1.165, 1.54) is 0 Å². The van der Waals surface area contributed by atoms with E-state index in [9.17, 15) is 5.21 Å². The van der Waals surface area contributed by atoms with E-state index in [4.69, 9.17) is 12.2 Å². The van der Waals surface area contributed by atoms with E-state index in [1.807, 2.05) is 30.3 Å². The van der Waals surface area contributed by atoms with Gasteiger partial charge in [0.1, 0.15) is 4.64 Å². The molecule has 1 heterocycles. The van der Waals surface area contributed by atoms with Crippen molar-refractivity contribution in [3.8, 4) is 0 Å². The van der Waals surface area contributed by atoms with E-state index < -0.39 is 0 Å². The number of fused-ring (bicyclic) bond motifs is 1. The van der Waals surface area contributed by atoms with Crippen LogP contribution in [-0.2, 0) is 0 Å². The Morgan fingerprint density at radius 2 is 1.83 bits per heavy atom. The number of aromatic nitrogens is 1. The second-order valence-electron chi connectivity index (χ2n) is 2.54. The number of hydrogen-bond donors (Lipinski definition) is 1. The average molecular weight is 177 g/mol. The molecule has 0 spiro atoms. The Labute approximate surface area is 74.6 Å². The lowest BCUT2D eigenvalue weighted by Crippen LogP contribution is -1.94. The summed E-state index contributed by atoms with van der Waals surface area (Å²) in [6.07, 6.45) is 0. The maximum atomic E-state index is 9.47. The molecule has 0 radical (unpaired) electrons. The molecule has 1 aromatic carbocycles. The summed E-state index contributed by atoms with van der Waals surface area (Å²) in [4.78, 5) is 0. The third kappa shape index (κ3) is 0.987. The van der Waals surface area contributed by atoms with Crippen LogP contribution in [0.15, 0.2) is 36.4 Å². The zero-order valence-electron chi connectivity index (χ0n) is 6.27. The van der Waals surface area contributed by atoms with Crippen molar-refractivity contribution in [1.29, 1.82) is 0 Å². The van der Waals surface area contributed by atoms with Gasteiger partial charge < -0.3 is 5.21 Å². The Hall–Kier alpha value is -1.35. The van der Waals surface area contributed by atoms with Crippen LogP contribution < -0.4 is 0 Å². The van der Waals surface area contributed by atoms with Gasteiger partial charge in [0.2, 0.25) is 0 Å². The van der Waals surface area contributed by atoms with Gasteiger partial charge >= 0.3 is 0 Å². The molecule has 12 heavy (non-hydrogen) atoms. The molecule has 2 nitrogen and oxygen atoms in total. The third-order valence-electron chi connectivity index (χ3n) is 1.78. The van der Waals surface area contributed by atoms with Crippen molar-refractivity contribution in [2.45, 2.75) is 0 Å². The van der Waals surface area contributed by atoms with Crippen LogP contribution in [0, 0.1) is 4.64 Å². The summed E-state index contributed by atoms with van der Waals surface area (Å²) in [6, 6.07) is 11.1. The fraction of sp³-hybridized carbons (Fsp3) is 0. The highest BCUT2D eigenvalue weighted by Gasteiger charge is 1.95. The standard InChI is InChI=1S/C9H7NOS/c11-10-8-4-2-1-3-7(8)5-6-9(10)12/h1-6,11H. The van der Waals surface area contributed by atoms with E-state index in [-0.39, 0.29) is 0 Å². The number of pyridine rings is 1. The van der Waals surface area contributed by atoms with Crippen LogP contribution in [-0.4, -0.2) is 9.94 Å². The van der Waals surface area contributed by atoms with Crippen molar-refractivity contribution in [1.82, 2.24) is 4.73 Å². The molecule has 2 rings (SSSR count). The van der Waals surface area contributed by atoms with Gasteiger partial charge in [0, 0.05) is 5.39 Å². The molecule has 3 heteroatoms. The second kappa shape index (κ2) is 2.60. The molecule has 0 unspecified atom stereocenters. The minimum atomic E-state index is 0.425. The molecule has 60 valence electrons. The molecule has 0 saturated heterocycles. The van der Waals surface area contributed by atoms with Crippen LogP contribution >= 0.6 is 12.2 Å². The highest BCUT2D eigenvalue weighted by Crippen LogP contribution is 2.12. The maximum Gasteiger partial charge on any atom is 0.143 e. The van der Waals surface area contributed by atoms with E-state index in [1.54, 1.807) is 6.07 Å². The van der Waals surface area contributed by atoms with E-state index >= 15 is 0 Å². The third-order valence-corrected chi connectivity index (χ3v) is 2.09. The van der Waals surface area contributed by atoms with Gasteiger partial charge in [-0.1, -0.05) is 30.4 Å². The molecular formula is C9H7NOS. The lowest BCUT2D eigenvalue weighted by atomic mass is 10.2. The Morgan fingerprint density at radius 3 is 2.67 bits per heavy atom. The second-order valence-corrected chi connectivity index (χ2v) is 2.96. The van der Waals surface area contributed by atoms with Crippen molar-refractivity contribution in [3.63, 3.8) is 0 Å². The summed E-state index contributed by atoms with van der Waals surface area (Å²) in [5, 5.41) is 10.5. The first-order valence-electron chi connectivity index (χ1n) is 3.59. The average Bonchev–Trinajstić information content (AvgIpc) is 2.12. The molecule has 0 saturated carbocycles. The molecule has 0 fully saturated rings. The first-order chi connectivity index (χ1) is 5.79. The molecule has 0 aliphatic rings. The zero-order valence-corrected chi connectivity index (χ0v) is 7.08. The number of nitrogens with zero attached hydrogens (tertiary/aromatic N) is 1.